The summed E-state index contributed by atoms with van der Waals surface area (Å²) in [6.07, 6.45) is 3.17. The summed E-state index contributed by atoms with van der Waals surface area (Å²) in [7, 11) is 0. The van der Waals surface area contributed by atoms with Gasteiger partial charge < -0.3 is 15.4 Å². The number of carbonyl (C=O) groups is 1. The number of hydrogen-bond donors (Lipinski definition) is 3. The highest BCUT2D eigenvalue weighted by Gasteiger charge is 2.29. The fourth-order valence-corrected chi connectivity index (χ4v) is 2.29. The molecule has 1 heterocycles. The molecule has 0 bridgehead atoms. The fraction of sp³-hybridized carbons (Fsp3) is 0.538. The van der Waals surface area contributed by atoms with Crippen LogP contribution in [0.4, 0.5) is 5.82 Å². The van der Waals surface area contributed by atoms with Gasteiger partial charge in [0.25, 0.3) is 5.91 Å². The van der Waals surface area contributed by atoms with E-state index in [2.05, 4.69) is 10.4 Å². The number of aryl methyl sites for hydroxylation is 1. The molecule has 2 rings (SSSR count). The normalized spacial score (nSPS) is 14.9. The van der Waals surface area contributed by atoms with Gasteiger partial charge in [0, 0.05) is 23.8 Å². The van der Waals surface area contributed by atoms with Crippen LogP contribution in [0.15, 0.2) is 12.1 Å². The van der Waals surface area contributed by atoms with E-state index in [0.717, 1.165) is 25.0 Å². The molecule has 1 saturated carbocycles. The number of aliphatic hydroxyl groups is 1. The molecule has 1 aliphatic carbocycles. The molecule has 1 amide bonds. The largest absolute Gasteiger partial charge is 0.395 e. The van der Waals surface area contributed by atoms with Gasteiger partial charge in [-0.3, -0.25) is 4.79 Å². The van der Waals surface area contributed by atoms with Gasteiger partial charge in [-0.2, -0.15) is 0 Å². The first-order valence-electron chi connectivity index (χ1n) is 6.53. The zero-order valence-corrected chi connectivity index (χ0v) is 11.1. The lowest BCUT2D eigenvalue weighted by atomic mass is 9.91. The third kappa shape index (κ3) is 3.02. The molecule has 0 unspecified atom stereocenters. The Morgan fingerprint density at radius 1 is 1.58 bits per heavy atom. The van der Waals surface area contributed by atoms with Gasteiger partial charge in [0.15, 0.2) is 0 Å². The number of aromatic nitrogens is 1. The Labute approximate surface area is 112 Å². The van der Waals surface area contributed by atoms with Crippen molar-refractivity contribution < 1.29 is 9.90 Å². The topological polar surface area (TPSA) is 91.5 Å². The molecule has 1 aromatic heterocycles. The van der Waals surface area contributed by atoms with E-state index in [0.29, 0.717) is 17.9 Å². The molecule has 6 heteroatoms. The summed E-state index contributed by atoms with van der Waals surface area (Å²) in [5.41, 5.74) is 3.75. The molecule has 4 N–H and O–H groups in total. The van der Waals surface area contributed by atoms with Crippen molar-refractivity contribution in [2.75, 3.05) is 18.6 Å². The number of pyridine rings is 1. The van der Waals surface area contributed by atoms with Crippen LogP contribution in [0, 0.1) is 6.92 Å². The molecule has 0 atom stereocenters. The summed E-state index contributed by atoms with van der Waals surface area (Å²) in [5.74, 6) is 5.75. The minimum absolute atomic E-state index is 0.0195. The highest BCUT2D eigenvalue weighted by molar-refractivity contribution is 5.95. The van der Waals surface area contributed by atoms with Gasteiger partial charge in [-0.15, -0.1) is 0 Å². The second-order valence-corrected chi connectivity index (χ2v) is 4.83. The highest BCUT2D eigenvalue weighted by atomic mass is 16.3. The highest BCUT2D eigenvalue weighted by Crippen LogP contribution is 2.26. The average Bonchev–Trinajstić information content (AvgIpc) is 2.34. The van der Waals surface area contributed by atoms with Crippen LogP contribution in [-0.4, -0.2) is 40.1 Å². The third-order valence-corrected chi connectivity index (χ3v) is 3.47. The molecule has 0 spiro atoms. The number of rotatable bonds is 5. The van der Waals surface area contributed by atoms with Crippen LogP contribution in [0.1, 0.15) is 35.3 Å². The minimum Gasteiger partial charge on any atom is -0.395 e. The first kappa shape index (κ1) is 13.8. The van der Waals surface area contributed by atoms with Gasteiger partial charge in [0.05, 0.1) is 6.61 Å². The van der Waals surface area contributed by atoms with Gasteiger partial charge in [0.2, 0.25) is 0 Å². The van der Waals surface area contributed by atoms with Gasteiger partial charge >= 0.3 is 0 Å². The number of anilines is 1. The van der Waals surface area contributed by atoms with Gasteiger partial charge in [-0.05, 0) is 38.3 Å². The van der Waals surface area contributed by atoms with Crippen LogP contribution in [0.3, 0.4) is 0 Å². The first-order valence-corrected chi connectivity index (χ1v) is 6.53. The Kier molecular flexibility index (Phi) is 4.34. The lowest BCUT2D eigenvalue weighted by molar-refractivity contribution is 0.0525. The van der Waals surface area contributed by atoms with Crippen LogP contribution in [0.25, 0.3) is 0 Å². The fourth-order valence-electron chi connectivity index (χ4n) is 2.29. The van der Waals surface area contributed by atoms with Crippen LogP contribution in [-0.2, 0) is 0 Å². The Morgan fingerprint density at radius 3 is 2.84 bits per heavy atom. The minimum atomic E-state index is -0.0687. The molecule has 104 valence electrons. The maximum absolute atomic E-state index is 12.5. The van der Waals surface area contributed by atoms with Crippen molar-refractivity contribution in [1.29, 1.82) is 0 Å². The van der Waals surface area contributed by atoms with E-state index in [9.17, 15) is 4.79 Å². The van der Waals surface area contributed by atoms with Crippen molar-refractivity contribution >= 4 is 11.7 Å². The van der Waals surface area contributed by atoms with Crippen molar-refractivity contribution in [2.45, 2.75) is 32.2 Å². The predicted octanol–water partition coefficient (Wildman–Crippen LogP) is 0.663. The standard InChI is InChI=1S/C13H20N4O2/c1-9-7-10(8-12(15-9)16-14)13(19)17(5-6-18)11-3-2-4-11/h7-8,11,18H,2-6,14H2,1H3,(H,15,16). The Bertz CT molecular complexity index is 460. The van der Waals surface area contributed by atoms with E-state index < -0.39 is 0 Å². The maximum atomic E-state index is 12.5. The van der Waals surface area contributed by atoms with Crippen molar-refractivity contribution in [2.24, 2.45) is 5.84 Å². The zero-order chi connectivity index (χ0) is 13.8. The number of hydrogen-bond acceptors (Lipinski definition) is 5. The van der Waals surface area contributed by atoms with Crippen molar-refractivity contribution in [1.82, 2.24) is 9.88 Å². The summed E-state index contributed by atoms with van der Waals surface area (Å²) < 4.78 is 0. The number of aliphatic hydroxyl groups excluding tert-OH is 1. The maximum Gasteiger partial charge on any atom is 0.254 e. The lowest BCUT2D eigenvalue weighted by Crippen LogP contribution is -2.45. The number of nitrogen functional groups attached to an aromatic ring is 1. The monoisotopic (exact) mass is 264 g/mol. The van der Waals surface area contributed by atoms with Gasteiger partial charge in [-0.1, -0.05) is 0 Å². The lowest BCUT2D eigenvalue weighted by Gasteiger charge is -2.37. The molecule has 0 radical (unpaired) electrons. The summed E-state index contributed by atoms with van der Waals surface area (Å²) in [6.45, 7) is 2.17. The summed E-state index contributed by atoms with van der Waals surface area (Å²) in [5, 5.41) is 9.12. The van der Waals surface area contributed by atoms with Crippen LogP contribution in [0.2, 0.25) is 0 Å². The smallest absolute Gasteiger partial charge is 0.254 e. The molecule has 0 aromatic carbocycles. The average molecular weight is 264 g/mol. The van der Waals surface area contributed by atoms with E-state index in [1.165, 1.54) is 0 Å². The van der Waals surface area contributed by atoms with Crippen molar-refractivity contribution in [3.05, 3.63) is 23.4 Å². The molecule has 6 nitrogen and oxygen atoms in total. The molecule has 0 aliphatic heterocycles. The van der Waals surface area contributed by atoms with Crippen LogP contribution >= 0.6 is 0 Å². The molecular formula is C13H20N4O2. The first-order chi connectivity index (χ1) is 9.15. The Balaban J connectivity index is 2.22. The Morgan fingerprint density at radius 2 is 2.32 bits per heavy atom. The zero-order valence-electron chi connectivity index (χ0n) is 11.1. The molecule has 1 aliphatic rings. The number of nitrogens with two attached hydrogens (primary N) is 1. The molecule has 19 heavy (non-hydrogen) atoms. The van der Waals surface area contributed by atoms with Crippen molar-refractivity contribution in [3.8, 4) is 0 Å². The van der Waals surface area contributed by atoms with Crippen molar-refractivity contribution in [3.63, 3.8) is 0 Å². The number of nitrogens with one attached hydrogen (secondary N) is 1. The van der Waals surface area contributed by atoms with E-state index in [1.807, 2.05) is 6.92 Å². The molecule has 1 fully saturated rings. The van der Waals surface area contributed by atoms with E-state index >= 15 is 0 Å². The summed E-state index contributed by atoms with van der Waals surface area (Å²) in [4.78, 5) is 18.4. The van der Waals surface area contributed by atoms with Crippen LogP contribution in [0.5, 0.6) is 0 Å². The molecule has 0 saturated heterocycles. The second kappa shape index (κ2) is 5.99. The number of amides is 1. The number of carbonyl (C=O) groups excluding carboxylic acids is 1. The van der Waals surface area contributed by atoms with Gasteiger partial charge in [0.1, 0.15) is 5.82 Å². The molecular weight excluding hydrogens is 244 g/mol. The van der Waals surface area contributed by atoms with E-state index in [-0.39, 0.29) is 18.6 Å². The summed E-state index contributed by atoms with van der Waals surface area (Å²) in [6, 6.07) is 3.63. The van der Waals surface area contributed by atoms with Crippen LogP contribution < -0.4 is 11.3 Å². The number of nitrogens with zero attached hydrogens (tertiary/aromatic N) is 2. The molecule has 1 aromatic rings. The van der Waals surface area contributed by atoms with E-state index in [4.69, 9.17) is 10.9 Å². The summed E-state index contributed by atoms with van der Waals surface area (Å²) >= 11 is 0. The van der Waals surface area contributed by atoms with E-state index in [1.54, 1.807) is 17.0 Å². The second-order valence-electron chi connectivity index (χ2n) is 4.83. The third-order valence-electron chi connectivity index (χ3n) is 3.47. The number of hydrazine groups is 1. The van der Waals surface area contributed by atoms with Gasteiger partial charge in [-0.25, -0.2) is 10.8 Å². The Hall–Kier alpha value is -1.66. The quantitative estimate of drug-likeness (QED) is 0.537. The SMILES string of the molecule is Cc1cc(C(=O)N(CCO)C2CCC2)cc(NN)n1. The predicted molar refractivity (Wildman–Crippen MR) is 72.5 cm³/mol.